The van der Waals surface area contributed by atoms with Crippen LogP contribution in [0, 0.1) is 0 Å². The Morgan fingerprint density at radius 3 is 2.78 bits per heavy atom. The lowest BCUT2D eigenvalue weighted by molar-refractivity contribution is 0.404. The number of nitrogens with two attached hydrogens (primary N) is 1. The number of halogens is 1. The van der Waals surface area contributed by atoms with Crippen LogP contribution in [0.15, 0.2) is 24.5 Å². The number of hydrogen-bond donors (Lipinski definition) is 1. The SMILES string of the molecule is CCn1ncc(OC)c1C(N)c1ccc(Cl)cn1. The molecule has 0 aliphatic carbocycles. The fourth-order valence-electron chi connectivity index (χ4n) is 1.81. The molecule has 0 fully saturated rings. The molecule has 18 heavy (non-hydrogen) atoms. The Kier molecular flexibility index (Phi) is 3.84. The van der Waals surface area contributed by atoms with Crippen molar-refractivity contribution < 1.29 is 4.74 Å². The van der Waals surface area contributed by atoms with Gasteiger partial charge in [-0.3, -0.25) is 9.67 Å². The van der Waals surface area contributed by atoms with Crippen LogP contribution < -0.4 is 10.5 Å². The van der Waals surface area contributed by atoms with Crippen molar-refractivity contribution in [2.45, 2.75) is 19.5 Å². The second-order valence-electron chi connectivity index (χ2n) is 3.79. The third kappa shape index (κ3) is 2.32. The van der Waals surface area contributed by atoms with Crippen LogP contribution in [0.3, 0.4) is 0 Å². The van der Waals surface area contributed by atoms with E-state index in [0.29, 0.717) is 10.8 Å². The maximum absolute atomic E-state index is 6.22. The molecular weight excluding hydrogens is 252 g/mol. The summed E-state index contributed by atoms with van der Waals surface area (Å²) in [5, 5.41) is 4.81. The quantitative estimate of drug-likeness (QED) is 0.919. The van der Waals surface area contributed by atoms with Gasteiger partial charge in [-0.1, -0.05) is 11.6 Å². The van der Waals surface area contributed by atoms with E-state index in [1.165, 1.54) is 0 Å². The first-order valence-electron chi connectivity index (χ1n) is 5.64. The van der Waals surface area contributed by atoms with Crippen molar-refractivity contribution in [3.05, 3.63) is 40.9 Å². The topological polar surface area (TPSA) is 66.0 Å². The number of ether oxygens (including phenoxy) is 1. The van der Waals surface area contributed by atoms with Crippen LogP contribution in [-0.4, -0.2) is 21.9 Å². The monoisotopic (exact) mass is 266 g/mol. The largest absolute Gasteiger partial charge is 0.493 e. The number of hydrogen-bond acceptors (Lipinski definition) is 4. The molecule has 0 amide bonds. The van der Waals surface area contributed by atoms with Crippen LogP contribution in [0.2, 0.25) is 5.02 Å². The minimum absolute atomic E-state index is 0.389. The van der Waals surface area contributed by atoms with E-state index in [2.05, 4.69) is 10.1 Å². The molecule has 0 aromatic carbocycles. The van der Waals surface area contributed by atoms with Crippen molar-refractivity contribution in [1.82, 2.24) is 14.8 Å². The van der Waals surface area contributed by atoms with Crippen LogP contribution in [0.25, 0.3) is 0 Å². The Bertz CT molecular complexity index is 502. The van der Waals surface area contributed by atoms with Gasteiger partial charge in [0.15, 0.2) is 5.75 Å². The van der Waals surface area contributed by atoms with E-state index in [0.717, 1.165) is 17.9 Å². The van der Waals surface area contributed by atoms with E-state index in [4.69, 9.17) is 22.1 Å². The highest BCUT2D eigenvalue weighted by atomic mass is 35.5. The fraction of sp³-hybridized carbons (Fsp3) is 0.333. The highest BCUT2D eigenvalue weighted by Crippen LogP contribution is 2.27. The van der Waals surface area contributed by atoms with E-state index in [9.17, 15) is 0 Å². The summed E-state index contributed by atoms with van der Waals surface area (Å²) in [5.74, 6) is 0.668. The molecule has 1 unspecified atom stereocenters. The smallest absolute Gasteiger partial charge is 0.161 e. The maximum atomic E-state index is 6.22. The average Bonchev–Trinajstić information content (AvgIpc) is 2.81. The van der Waals surface area contributed by atoms with Crippen LogP contribution >= 0.6 is 11.6 Å². The fourth-order valence-corrected chi connectivity index (χ4v) is 1.92. The van der Waals surface area contributed by atoms with Gasteiger partial charge in [-0.25, -0.2) is 0 Å². The van der Waals surface area contributed by atoms with Gasteiger partial charge in [0.2, 0.25) is 0 Å². The van der Waals surface area contributed by atoms with Crippen LogP contribution in [-0.2, 0) is 6.54 Å². The second kappa shape index (κ2) is 5.37. The Morgan fingerprint density at radius 1 is 1.44 bits per heavy atom. The number of rotatable bonds is 4. The zero-order valence-corrected chi connectivity index (χ0v) is 11.1. The number of methoxy groups -OCH3 is 1. The summed E-state index contributed by atoms with van der Waals surface area (Å²) in [6, 6.07) is 3.18. The summed E-state index contributed by atoms with van der Waals surface area (Å²) < 4.78 is 7.08. The van der Waals surface area contributed by atoms with Crippen molar-refractivity contribution in [2.75, 3.05) is 7.11 Å². The summed E-state index contributed by atoms with van der Waals surface area (Å²) in [5.41, 5.74) is 7.76. The van der Waals surface area contributed by atoms with Gasteiger partial charge in [-0.05, 0) is 19.1 Å². The van der Waals surface area contributed by atoms with E-state index in [1.807, 2.05) is 6.92 Å². The number of aromatic nitrogens is 3. The van der Waals surface area contributed by atoms with Crippen molar-refractivity contribution in [1.29, 1.82) is 0 Å². The zero-order valence-electron chi connectivity index (χ0n) is 10.3. The van der Waals surface area contributed by atoms with Crippen LogP contribution in [0.1, 0.15) is 24.4 Å². The standard InChI is InChI=1S/C12H15ClN4O/c1-3-17-12(10(18-2)7-16-17)11(14)9-5-4-8(13)6-15-9/h4-7,11H,3,14H2,1-2H3. The molecule has 0 saturated carbocycles. The first-order chi connectivity index (χ1) is 8.67. The lowest BCUT2D eigenvalue weighted by Gasteiger charge is -2.14. The number of aryl methyl sites for hydroxylation is 1. The number of nitrogens with zero attached hydrogens (tertiary/aromatic N) is 3. The van der Waals surface area contributed by atoms with Crippen molar-refractivity contribution in [2.24, 2.45) is 5.73 Å². The minimum Gasteiger partial charge on any atom is -0.493 e. The Morgan fingerprint density at radius 2 is 2.22 bits per heavy atom. The Balaban J connectivity index is 2.41. The molecular formula is C12H15ClN4O. The Hall–Kier alpha value is -1.59. The average molecular weight is 267 g/mol. The summed E-state index contributed by atoms with van der Waals surface area (Å²) in [4.78, 5) is 4.23. The van der Waals surface area contributed by atoms with E-state index in [1.54, 1.807) is 36.3 Å². The van der Waals surface area contributed by atoms with Gasteiger partial charge in [-0.15, -0.1) is 0 Å². The molecule has 2 heterocycles. The van der Waals surface area contributed by atoms with Gasteiger partial charge in [0, 0.05) is 12.7 Å². The molecule has 0 aliphatic rings. The highest BCUT2D eigenvalue weighted by Gasteiger charge is 2.20. The summed E-state index contributed by atoms with van der Waals surface area (Å²) in [7, 11) is 1.60. The predicted molar refractivity (Wildman–Crippen MR) is 69.7 cm³/mol. The maximum Gasteiger partial charge on any atom is 0.161 e. The molecule has 96 valence electrons. The third-order valence-corrected chi connectivity index (χ3v) is 2.95. The van der Waals surface area contributed by atoms with E-state index >= 15 is 0 Å². The van der Waals surface area contributed by atoms with Gasteiger partial charge in [-0.2, -0.15) is 5.10 Å². The first-order valence-corrected chi connectivity index (χ1v) is 6.01. The van der Waals surface area contributed by atoms with Crippen LogP contribution in [0.4, 0.5) is 0 Å². The molecule has 2 N–H and O–H groups in total. The third-order valence-electron chi connectivity index (χ3n) is 2.73. The van der Waals surface area contributed by atoms with Crippen LogP contribution in [0.5, 0.6) is 5.75 Å². The molecule has 0 spiro atoms. The van der Waals surface area contributed by atoms with Crippen molar-refractivity contribution in [3.8, 4) is 5.75 Å². The second-order valence-corrected chi connectivity index (χ2v) is 4.23. The van der Waals surface area contributed by atoms with Gasteiger partial charge >= 0.3 is 0 Å². The molecule has 0 aliphatic heterocycles. The predicted octanol–water partition coefficient (Wildman–Crippen LogP) is 2.01. The van der Waals surface area contributed by atoms with Gasteiger partial charge in [0.25, 0.3) is 0 Å². The van der Waals surface area contributed by atoms with Gasteiger partial charge in [0.1, 0.15) is 5.69 Å². The molecule has 2 rings (SSSR count). The zero-order chi connectivity index (χ0) is 13.1. The molecule has 0 bridgehead atoms. The summed E-state index contributed by atoms with van der Waals surface area (Å²) in [6.07, 6.45) is 3.24. The van der Waals surface area contributed by atoms with Gasteiger partial charge < -0.3 is 10.5 Å². The minimum atomic E-state index is -0.389. The summed E-state index contributed by atoms with van der Waals surface area (Å²) in [6.45, 7) is 2.72. The molecule has 0 saturated heterocycles. The Labute approximate surface area is 111 Å². The molecule has 1 atom stereocenters. The molecule has 2 aromatic rings. The van der Waals surface area contributed by atoms with Crippen molar-refractivity contribution in [3.63, 3.8) is 0 Å². The van der Waals surface area contributed by atoms with E-state index < -0.39 is 0 Å². The van der Waals surface area contributed by atoms with E-state index in [-0.39, 0.29) is 6.04 Å². The lowest BCUT2D eigenvalue weighted by atomic mass is 10.1. The summed E-state index contributed by atoms with van der Waals surface area (Å²) >= 11 is 5.81. The molecule has 2 aromatic heterocycles. The highest BCUT2D eigenvalue weighted by molar-refractivity contribution is 6.30. The molecule has 0 radical (unpaired) electrons. The first kappa shape index (κ1) is 12.9. The molecule has 5 nitrogen and oxygen atoms in total. The lowest BCUT2D eigenvalue weighted by Crippen LogP contribution is -2.19. The van der Waals surface area contributed by atoms with Gasteiger partial charge in [0.05, 0.1) is 30.1 Å². The normalized spacial score (nSPS) is 12.4. The number of pyridine rings is 1. The van der Waals surface area contributed by atoms with Crippen molar-refractivity contribution >= 4 is 11.6 Å². The molecule has 6 heteroatoms.